The van der Waals surface area contributed by atoms with Crippen LogP contribution in [-0.2, 0) is 10.9 Å². The number of alkyl halides is 3. The summed E-state index contributed by atoms with van der Waals surface area (Å²) < 4.78 is 43.6. The fraction of sp³-hybridized carbons (Fsp3) is 0.588. The molecular weight excluding hydrogens is 339 g/mol. The van der Waals surface area contributed by atoms with Crippen molar-refractivity contribution in [2.75, 3.05) is 5.75 Å². The lowest BCUT2D eigenvalue weighted by Gasteiger charge is -2.54. The monoisotopic (exact) mass is 361 g/mol. The van der Waals surface area contributed by atoms with Crippen molar-refractivity contribution in [2.45, 2.75) is 50.3 Å². The highest BCUT2D eigenvalue weighted by Gasteiger charge is 2.54. The number of rotatable bonds is 4. The normalized spacial score (nSPS) is 24.3. The lowest BCUT2D eigenvalue weighted by atomic mass is 9.59. The van der Waals surface area contributed by atoms with Crippen LogP contribution in [0.2, 0.25) is 0 Å². The van der Waals surface area contributed by atoms with Gasteiger partial charge in [0.2, 0.25) is 0 Å². The molecule has 3 nitrogen and oxygen atoms in total. The lowest BCUT2D eigenvalue weighted by Crippen LogP contribution is -2.57. The fourth-order valence-corrected chi connectivity index (χ4v) is 4.06. The van der Waals surface area contributed by atoms with E-state index in [9.17, 15) is 18.0 Å². The zero-order chi connectivity index (χ0) is 18.2. The number of thioether (sulfide) groups is 1. The lowest BCUT2D eigenvalue weighted by molar-refractivity contribution is -0.143. The predicted octanol–water partition coefficient (Wildman–Crippen LogP) is 5.09. The largest absolute Gasteiger partial charge is 0.443 e. The molecule has 0 aliphatic heterocycles. The third-order valence-electron chi connectivity index (χ3n) is 4.55. The number of ether oxygens (including phenoxy) is 1. The number of amides is 1. The Hall–Kier alpha value is -1.37. The number of hydrogen-bond acceptors (Lipinski definition) is 3. The summed E-state index contributed by atoms with van der Waals surface area (Å²) in [4.78, 5) is 11.8. The van der Waals surface area contributed by atoms with E-state index in [1.807, 2.05) is 20.8 Å². The maximum Gasteiger partial charge on any atom is 0.416 e. The van der Waals surface area contributed by atoms with Gasteiger partial charge in [0.1, 0.15) is 5.60 Å². The van der Waals surface area contributed by atoms with Crippen LogP contribution in [-0.4, -0.2) is 17.4 Å². The molecule has 0 aromatic heterocycles. The van der Waals surface area contributed by atoms with Crippen molar-refractivity contribution in [3.8, 4) is 0 Å². The number of benzene rings is 1. The second kappa shape index (κ2) is 6.50. The smallest absolute Gasteiger partial charge is 0.416 e. The Morgan fingerprint density at radius 1 is 1.33 bits per heavy atom. The summed E-state index contributed by atoms with van der Waals surface area (Å²) in [6.07, 6.45) is -3.77. The van der Waals surface area contributed by atoms with Crippen LogP contribution in [0.4, 0.5) is 18.0 Å². The van der Waals surface area contributed by atoms with Crippen LogP contribution in [0, 0.1) is 11.3 Å². The Morgan fingerprint density at radius 2 is 1.96 bits per heavy atom. The zero-order valence-corrected chi connectivity index (χ0v) is 14.8. The molecular formula is C17H22F3NO2S. The molecule has 134 valence electrons. The Balaban J connectivity index is 1.95. The molecule has 1 aromatic rings. The van der Waals surface area contributed by atoms with Crippen molar-refractivity contribution in [2.24, 2.45) is 17.1 Å². The van der Waals surface area contributed by atoms with Crippen LogP contribution in [0.1, 0.15) is 39.2 Å². The topological polar surface area (TPSA) is 52.3 Å². The van der Waals surface area contributed by atoms with Gasteiger partial charge in [-0.25, -0.2) is 4.79 Å². The number of nitrogens with two attached hydrogens (primary N) is 1. The summed E-state index contributed by atoms with van der Waals surface area (Å²) in [5.74, 6) is 0.962. The van der Waals surface area contributed by atoms with Gasteiger partial charge in [-0.05, 0) is 37.0 Å². The van der Waals surface area contributed by atoms with Gasteiger partial charge >= 0.3 is 12.3 Å². The summed E-state index contributed by atoms with van der Waals surface area (Å²) in [6.45, 7) is 5.98. The highest BCUT2D eigenvalue weighted by atomic mass is 32.2. The van der Waals surface area contributed by atoms with Gasteiger partial charge in [-0.15, -0.1) is 11.8 Å². The van der Waals surface area contributed by atoms with E-state index in [-0.39, 0.29) is 11.3 Å². The van der Waals surface area contributed by atoms with Crippen LogP contribution in [0.15, 0.2) is 29.2 Å². The van der Waals surface area contributed by atoms with Crippen LogP contribution in [0.25, 0.3) is 0 Å². The van der Waals surface area contributed by atoms with E-state index >= 15 is 0 Å². The standard InChI is InChI=1S/C17H22F3NO2S/c1-15(2,3)16(23-14(21)22)8-11(9-16)10-24-13-6-4-5-12(7-13)17(18,19)20/h4-7,11H,8-10H2,1-3H3,(H2,21,22). The first-order valence-corrected chi connectivity index (χ1v) is 8.70. The third-order valence-corrected chi connectivity index (χ3v) is 5.77. The molecule has 0 heterocycles. The van der Waals surface area contributed by atoms with Gasteiger partial charge in [-0.1, -0.05) is 26.8 Å². The van der Waals surface area contributed by atoms with Gasteiger partial charge in [-0.2, -0.15) is 13.2 Å². The summed E-state index contributed by atoms with van der Waals surface area (Å²) in [5, 5.41) is 0. The van der Waals surface area contributed by atoms with Crippen LogP contribution in [0.3, 0.4) is 0 Å². The molecule has 0 saturated heterocycles. The highest BCUT2D eigenvalue weighted by molar-refractivity contribution is 7.99. The first-order valence-electron chi connectivity index (χ1n) is 7.71. The second-order valence-corrected chi connectivity index (χ2v) is 8.37. The molecule has 1 saturated carbocycles. The zero-order valence-electron chi connectivity index (χ0n) is 13.9. The van der Waals surface area contributed by atoms with E-state index < -0.39 is 23.4 Å². The minimum absolute atomic E-state index is 0.237. The fourth-order valence-electron chi connectivity index (χ4n) is 3.01. The predicted molar refractivity (Wildman–Crippen MR) is 87.7 cm³/mol. The van der Waals surface area contributed by atoms with Gasteiger partial charge in [0.05, 0.1) is 5.56 Å². The van der Waals surface area contributed by atoms with E-state index in [2.05, 4.69) is 0 Å². The minimum atomic E-state index is -4.33. The van der Waals surface area contributed by atoms with Crippen LogP contribution < -0.4 is 5.73 Å². The minimum Gasteiger partial charge on any atom is -0.443 e. The van der Waals surface area contributed by atoms with Crippen LogP contribution >= 0.6 is 11.8 Å². The van der Waals surface area contributed by atoms with Gasteiger partial charge in [0.15, 0.2) is 0 Å². The first kappa shape index (κ1) is 19.0. The molecule has 1 aliphatic carbocycles. The number of carbonyl (C=O) groups excluding carboxylic acids is 1. The molecule has 1 aliphatic rings. The first-order chi connectivity index (χ1) is 10.9. The van der Waals surface area contributed by atoms with Gasteiger partial charge < -0.3 is 10.5 Å². The second-order valence-electron chi connectivity index (χ2n) is 7.28. The van der Waals surface area contributed by atoms with E-state index in [0.29, 0.717) is 23.5 Å². The summed E-state index contributed by atoms with van der Waals surface area (Å²) in [7, 11) is 0. The van der Waals surface area contributed by atoms with Crippen molar-refractivity contribution < 1.29 is 22.7 Å². The Morgan fingerprint density at radius 3 is 2.46 bits per heavy atom. The van der Waals surface area contributed by atoms with Gasteiger partial charge in [0, 0.05) is 16.1 Å². The summed E-state index contributed by atoms with van der Waals surface area (Å²) in [5.41, 5.74) is 3.72. The Kier molecular flexibility index (Phi) is 5.14. The average molecular weight is 361 g/mol. The van der Waals surface area contributed by atoms with Gasteiger partial charge in [0.25, 0.3) is 0 Å². The number of halogens is 3. The van der Waals surface area contributed by atoms with Crippen LogP contribution in [0.5, 0.6) is 0 Å². The summed E-state index contributed by atoms with van der Waals surface area (Å²) in [6, 6.07) is 5.33. The molecule has 2 rings (SSSR count). The maximum atomic E-state index is 12.7. The molecule has 0 radical (unpaired) electrons. The number of hydrogen-bond donors (Lipinski definition) is 1. The highest BCUT2D eigenvalue weighted by Crippen LogP contribution is 2.53. The summed E-state index contributed by atoms with van der Waals surface area (Å²) >= 11 is 1.39. The van der Waals surface area contributed by atoms with E-state index in [0.717, 1.165) is 6.07 Å². The molecule has 0 atom stereocenters. The van der Waals surface area contributed by atoms with Crippen molar-refractivity contribution in [3.05, 3.63) is 29.8 Å². The molecule has 1 amide bonds. The number of carbonyl (C=O) groups is 1. The van der Waals surface area contributed by atoms with E-state index in [1.165, 1.54) is 23.9 Å². The molecule has 2 N–H and O–H groups in total. The molecule has 7 heteroatoms. The quantitative estimate of drug-likeness (QED) is 0.760. The molecule has 24 heavy (non-hydrogen) atoms. The van der Waals surface area contributed by atoms with Crippen molar-refractivity contribution in [1.29, 1.82) is 0 Å². The molecule has 1 aromatic carbocycles. The van der Waals surface area contributed by atoms with E-state index in [4.69, 9.17) is 10.5 Å². The maximum absolute atomic E-state index is 12.7. The van der Waals surface area contributed by atoms with E-state index in [1.54, 1.807) is 6.07 Å². The van der Waals surface area contributed by atoms with Gasteiger partial charge in [-0.3, -0.25) is 0 Å². The molecule has 0 unspecified atom stereocenters. The van der Waals surface area contributed by atoms with Crippen molar-refractivity contribution in [3.63, 3.8) is 0 Å². The van der Waals surface area contributed by atoms with Crippen molar-refractivity contribution in [1.82, 2.24) is 0 Å². The average Bonchev–Trinajstić information content (AvgIpc) is 2.38. The third kappa shape index (κ3) is 4.18. The van der Waals surface area contributed by atoms with Crippen molar-refractivity contribution >= 4 is 17.9 Å². The SMILES string of the molecule is CC(C)(C)C1(OC(N)=O)CC(CSc2cccc(C(F)(F)F)c2)C1. The Labute approximate surface area is 144 Å². The molecule has 0 bridgehead atoms. The number of primary amides is 1. The molecule has 1 fully saturated rings. The Bertz CT molecular complexity index is 605. The molecule has 0 spiro atoms.